The van der Waals surface area contributed by atoms with E-state index < -0.39 is 0 Å². The minimum atomic E-state index is -0.311. The van der Waals surface area contributed by atoms with Crippen LogP contribution in [0.2, 0.25) is 0 Å². The van der Waals surface area contributed by atoms with Gasteiger partial charge in [-0.05, 0) is 122 Å². The highest BCUT2D eigenvalue weighted by Crippen LogP contribution is 2.56. The maximum atomic E-state index is 2.48. The van der Waals surface area contributed by atoms with Crippen LogP contribution in [0.1, 0.15) is 47.2 Å². The van der Waals surface area contributed by atoms with E-state index in [1.807, 2.05) is 0 Å². The van der Waals surface area contributed by atoms with Gasteiger partial charge in [0, 0.05) is 27.8 Å². The monoisotopic (exact) mass is 727 g/mol. The van der Waals surface area contributed by atoms with Gasteiger partial charge in [0.15, 0.2) is 0 Å². The van der Waals surface area contributed by atoms with Gasteiger partial charge in [0.1, 0.15) is 0 Å². The smallest absolute Gasteiger partial charge is 0.0540 e. The van der Waals surface area contributed by atoms with Crippen LogP contribution in [0.5, 0.6) is 0 Å². The number of fused-ring (bicyclic) bond motifs is 7. The molecule has 2 aliphatic carbocycles. The van der Waals surface area contributed by atoms with E-state index in [1.54, 1.807) is 0 Å². The summed E-state index contributed by atoms with van der Waals surface area (Å²) in [6, 6.07) is 78.7. The zero-order valence-electron chi connectivity index (χ0n) is 32.2. The second-order valence-electron chi connectivity index (χ2n) is 15.9. The molecule has 0 bridgehead atoms. The fraction of sp³-hybridized carbons (Fsp3) is 0.0714. The second kappa shape index (κ2) is 12.8. The summed E-state index contributed by atoms with van der Waals surface area (Å²) in [5.41, 5.74) is 18.4. The minimum Gasteiger partial charge on any atom is -0.310 e. The first-order chi connectivity index (χ1) is 28.0. The molecule has 1 nitrogen and oxygen atoms in total. The molecule has 0 saturated heterocycles. The summed E-state index contributed by atoms with van der Waals surface area (Å²) in [5, 5.41) is 2.45. The standard InChI is InChI=1S/C56H41N/c1-55(41-19-5-3-6-20-41)50-26-14-11-24-46(50)48-33-30-40(36-52(48)55)45-23-13-16-28-54(45)57(43-31-29-38-17-9-10-18-39(38)35-43)44-32-34-49-47-25-12-15-27-51(47)56(2,53(49)37-44)42-21-7-4-8-22-42/h3-37H,1-2H3. The Morgan fingerprint density at radius 1 is 0.316 bits per heavy atom. The zero-order chi connectivity index (χ0) is 38.1. The summed E-state index contributed by atoms with van der Waals surface area (Å²) < 4.78 is 0. The van der Waals surface area contributed by atoms with Gasteiger partial charge in [0.05, 0.1) is 5.69 Å². The van der Waals surface area contributed by atoms with Gasteiger partial charge in [-0.25, -0.2) is 0 Å². The van der Waals surface area contributed by atoms with E-state index in [0.717, 1.165) is 17.1 Å². The van der Waals surface area contributed by atoms with Crippen LogP contribution in [0.15, 0.2) is 212 Å². The highest BCUT2D eigenvalue weighted by Gasteiger charge is 2.42. The Hall–Kier alpha value is -6.96. The highest BCUT2D eigenvalue weighted by atomic mass is 15.1. The van der Waals surface area contributed by atoms with Crippen molar-refractivity contribution in [2.45, 2.75) is 24.7 Å². The summed E-state index contributed by atoms with van der Waals surface area (Å²) in [5.74, 6) is 0. The van der Waals surface area contributed by atoms with E-state index >= 15 is 0 Å². The molecule has 0 amide bonds. The van der Waals surface area contributed by atoms with Crippen molar-refractivity contribution in [2.24, 2.45) is 0 Å². The molecule has 0 aromatic heterocycles. The first-order valence-corrected chi connectivity index (χ1v) is 20.0. The third-order valence-corrected chi connectivity index (χ3v) is 13.0. The van der Waals surface area contributed by atoms with Gasteiger partial charge in [-0.2, -0.15) is 0 Å². The number of anilines is 3. The van der Waals surface area contributed by atoms with Crippen molar-refractivity contribution in [3.8, 4) is 33.4 Å². The summed E-state index contributed by atoms with van der Waals surface area (Å²) in [6.07, 6.45) is 0. The summed E-state index contributed by atoms with van der Waals surface area (Å²) in [7, 11) is 0. The third-order valence-electron chi connectivity index (χ3n) is 13.0. The lowest BCUT2D eigenvalue weighted by molar-refractivity contribution is 0.714. The largest absolute Gasteiger partial charge is 0.310 e. The molecule has 9 aromatic carbocycles. The maximum absolute atomic E-state index is 2.48. The number of hydrogen-bond acceptors (Lipinski definition) is 1. The molecule has 57 heavy (non-hydrogen) atoms. The Labute approximate surface area is 335 Å². The fourth-order valence-electron chi connectivity index (χ4n) is 10.1. The maximum Gasteiger partial charge on any atom is 0.0540 e. The predicted octanol–water partition coefficient (Wildman–Crippen LogP) is 14.6. The Balaban J connectivity index is 1.13. The molecule has 0 aliphatic heterocycles. The van der Waals surface area contributed by atoms with E-state index in [4.69, 9.17) is 0 Å². The van der Waals surface area contributed by atoms with Crippen LogP contribution < -0.4 is 4.90 Å². The molecule has 0 N–H and O–H groups in total. The van der Waals surface area contributed by atoms with E-state index in [2.05, 4.69) is 231 Å². The van der Waals surface area contributed by atoms with Crippen LogP contribution in [0.3, 0.4) is 0 Å². The topological polar surface area (TPSA) is 3.24 Å². The molecule has 1 heteroatoms. The number of benzene rings is 9. The van der Waals surface area contributed by atoms with Crippen LogP contribution in [0.4, 0.5) is 17.1 Å². The van der Waals surface area contributed by atoms with Gasteiger partial charge >= 0.3 is 0 Å². The van der Waals surface area contributed by atoms with Crippen LogP contribution in [-0.2, 0) is 10.8 Å². The van der Waals surface area contributed by atoms with E-state index in [1.165, 1.54) is 77.5 Å². The average molecular weight is 728 g/mol. The minimum absolute atomic E-state index is 0.285. The first-order valence-electron chi connectivity index (χ1n) is 20.0. The molecule has 0 fully saturated rings. The predicted molar refractivity (Wildman–Crippen MR) is 239 cm³/mol. The van der Waals surface area contributed by atoms with E-state index in [0.29, 0.717) is 0 Å². The van der Waals surface area contributed by atoms with Gasteiger partial charge in [-0.15, -0.1) is 0 Å². The fourth-order valence-corrected chi connectivity index (χ4v) is 10.1. The van der Waals surface area contributed by atoms with Crippen LogP contribution >= 0.6 is 0 Å². The molecular weight excluding hydrogens is 687 g/mol. The Bertz CT molecular complexity index is 3000. The summed E-state index contributed by atoms with van der Waals surface area (Å²) in [6.45, 7) is 4.80. The van der Waals surface area contributed by atoms with Crippen LogP contribution in [0.25, 0.3) is 44.2 Å². The molecule has 11 rings (SSSR count). The lowest BCUT2D eigenvalue weighted by atomic mass is 9.74. The van der Waals surface area contributed by atoms with Crippen LogP contribution in [0, 0.1) is 0 Å². The number of para-hydroxylation sites is 1. The van der Waals surface area contributed by atoms with Gasteiger partial charge in [-0.1, -0.05) is 176 Å². The van der Waals surface area contributed by atoms with Crippen molar-refractivity contribution < 1.29 is 0 Å². The zero-order valence-corrected chi connectivity index (χ0v) is 32.2. The molecule has 2 aliphatic rings. The number of hydrogen-bond donors (Lipinski definition) is 0. The lowest BCUT2D eigenvalue weighted by Crippen LogP contribution is -2.23. The van der Waals surface area contributed by atoms with Gasteiger partial charge < -0.3 is 4.90 Å². The SMILES string of the molecule is CC1(c2ccccc2)c2ccccc2-c2ccc(-c3ccccc3N(c3ccc4c(c3)C(C)(c3ccccc3)c3ccccc3-4)c3ccc4ccccc4c3)cc21. The molecule has 9 aromatic rings. The molecular formula is C56H41N. The molecule has 0 spiro atoms. The van der Waals surface area contributed by atoms with Crippen molar-refractivity contribution in [3.05, 3.63) is 246 Å². The molecule has 0 radical (unpaired) electrons. The third kappa shape index (κ3) is 4.95. The second-order valence-corrected chi connectivity index (χ2v) is 15.9. The molecule has 0 saturated carbocycles. The average Bonchev–Trinajstić information content (AvgIpc) is 3.70. The van der Waals surface area contributed by atoms with Crippen molar-refractivity contribution in [1.82, 2.24) is 0 Å². The Kier molecular flexibility index (Phi) is 7.50. The Morgan fingerprint density at radius 2 is 0.772 bits per heavy atom. The molecule has 270 valence electrons. The molecule has 2 atom stereocenters. The first kappa shape index (κ1) is 33.4. The lowest BCUT2D eigenvalue weighted by Gasteiger charge is -2.32. The van der Waals surface area contributed by atoms with Gasteiger partial charge in [0.25, 0.3) is 0 Å². The normalized spacial score (nSPS) is 17.4. The molecule has 2 unspecified atom stereocenters. The number of nitrogens with zero attached hydrogens (tertiary/aromatic N) is 1. The van der Waals surface area contributed by atoms with Crippen molar-refractivity contribution >= 4 is 27.8 Å². The van der Waals surface area contributed by atoms with Gasteiger partial charge in [0.2, 0.25) is 0 Å². The molecule has 0 heterocycles. The van der Waals surface area contributed by atoms with Crippen molar-refractivity contribution in [2.75, 3.05) is 4.90 Å². The highest BCUT2D eigenvalue weighted by molar-refractivity contribution is 5.95. The Morgan fingerprint density at radius 3 is 1.42 bits per heavy atom. The summed E-state index contributed by atoms with van der Waals surface area (Å²) >= 11 is 0. The van der Waals surface area contributed by atoms with E-state index in [9.17, 15) is 0 Å². The number of rotatable bonds is 6. The van der Waals surface area contributed by atoms with Crippen molar-refractivity contribution in [3.63, 3.8) is 0 Å². The summed E-state index contributed by atoms with van der Waals surface area (Å²) in [4.78, 5) is 2.48. The quantitative estimate of drug-likeness (QED) is 0.165. The van der Waals surface area contributed by atoms with Crippen LogP contribution in [-0.4, -0.2) is 0 Å². The van der Waals surface area contributed by atoms with E-state index in [-0.39, 0.29) is 10.8 Å². The van der Waals surface area contributed by atoms with Gasteiger partial charge in [-0.3, -0.25) is 0 Å². The van der Waals surface area contributed by atoms with Crippen molar-refractivity contribution in [1.29, 1.82) is 0 Å².